The average molecular weight is 218 g/mol. The van der Waals surface area contributed by atoms with Crippen molar-refractivity contribution in [2.75, 3.05) is 0 Å². The zero-order chi connectivity index (χ0) is 11.6. The van der Waals surface area contributed by atoms with Gasteiger partial charge in [0.2, 0.25) is 0 Å². The van der Waals surface area contributed by atoms with Gasteiger partial charge in [0.05, 0.1) is 0 Å². The van der Waals surface area contributed by atoms with Gasteiger partial charge in [-0.15, -0.1) is 0 Å². The van der Waals surface area contributed by atoms with Gasteiger partial charge in [0.25, 0.3) is 0 Å². The van der Waals surface area contributed by atoms with Crippen LogP contribution in [0.3, 0.4) is 0 Å². The van der Waals surface area contributed by atoms with Crippen molar-refractivity contribution in [3.8, 4) is 0 Å². The maximum Gasteiger partial charge on any atom is 0.355 e. The minimum Gasteiger partial charge on any atom is -0.448 e. The Bertz CT molecular complexity index is 291. The molecule has 0 radical (unpaired) electrons. The number of aliphatic hydroxyl groups is 2. The van der Waals surface area contributed by atoms with E-state index in [4.69, 9.17) is 10.2 Å². The largest absolute Gasteiger partial charge is 0.448 e. The first-order valence-corrected chi connectivity index (χ1v) is 4.29. The number of esters is 3. The monoisotopic (exact) mass is 218 g/mol. The van der Waals surface area contributed by atoms with Crippen LogP contribution in [-0.2, 0) is 23.9 Å². The molecule has 1 fully saturated rings. The summed E-state index contributed by atoms with van der Waals surface area (Å²) in [4.78, 5) is 33.1. The smallest absolute Gasteiger partial charge is 0.355 e. The summed E-state index contributed by atoms with van der Waals surface area (Å²) in [6.45, 7) is 1.54. The fourth-order valence-corrected chi connectivity index (χ4v) is 0.991. The van der Waals surface area contributed by atoms with Crippen LogP contribution in [0.2, 0.25) is 0 Å². The topological polar surface area (TPSA) is 110 Å². The van der Waals surface area contributed by atoms with E-state index in [1.165, 1.54) is 6.92 Å². The van der Waals surface area contributed by atoms with Crippen LogP contribution in [0.4, 0.5) is 0 Å². The molecule has 0 aliphatic carbocycles. The molecule has 0 aromatic rings. The summed E-state index contributed by atoms with van der Waals surface area (Å²) >= 11 is 0. The second-order valence-electron chi connectivity index (χ2n) is 2.96. The number of cyclic esters (lactones) is 3. The predicted octanol–water partition coefficient (Wildman–Crippen LogP) is -1.89. The van der Waals surface area contributed by atoms with Gasteiger partial charge in [0.15, 0.2) is 18.3 Å². The maximum absolute atomic E-state index is 11.1. The van der Waals surface area contributed by atoms with E-state index in [-0.39, 0.29) is 6.42 Å². The number of ether oxygens (including phenoxy) is 2. The van der Waals surface area contributed by atoms with Gasteiger partial charge in [-0.1, -0.05) is 6.92 Å². The zero-order valence-electron chi connectivity index (χ0n) is 7.87. The van der Waals surface area contributed by atoms with Crippen LogP contribution < -0.4 is 0 Å². The molecule has 3 unspecified atom stereocenters. The highest BCUT2D eigenvalue weighted by Gasteiger charge is 2.40. The second-order valence-corrected chi connectivity index (χ2v) is 2.96. The number of hydrogen-bond acceptors (Lipinski definition) is 7. The molecule has 1 heterocycles. The van der Waals surface area contributed by atoms with Crippen LogP contribution >= 0.6 is 0 Å². The van der Waals surface area contributed by atoms with Crippen molar-refractivity contribution >= 4 is 17.9 Å². The van der Waals surface area contributed by atoms with Crippen LogP contribution in [0.5, 0.6) is 0 Å². The van der Waals surface area contributed by atoms with Crippen molar-refractivity contribution in [1.82, 2.24) is 0 Å². The summed E-state index contributed by atoms with van der Waals surface area (Å²) in [6.07, 6.45) is -5.25. The van der Waals surface area contributed by atoms with E-state index in [9.17, 15) is 14.4 Å². The van der Waals surface area contributed by atoms with E-state index in [0.29, 0.717) is 0 Å². The van der Waals surface area contributed by atoms with Gasteiger partial charge in [0, 0.05) is 0 Å². The molecular formula is C8H10O7. The summed E-state index contributed by atoms with van der Waals surface area (Å²) in [5.74, 6) is -3.64. The molecule has 7 nitrogen and oxygen atoms in total. The first-order valence-electron chi connectivity index (χ1n) is 4.29. The molecule has 0 aromatic heterocycles. The second kappa shape index (κ2) is 4.37. The first kappa shape index (κ1) is 11.6. The molecule has 2 N–H and O–H groups in total. The van der Waals surface area contributed by atoms with Gasteiger partial charge in [-0.25, -0.2) is 14.4 Å². The molecule has 0 aromatic carbocycles. The van der Waals surface area contributed by atoms with Crippen molar-refractivity contribution in [1.29, 1.82) is 0 Å². The number of hydrogen-bond donors (Lipinski definition) is 2. The molecule has 1 aliphatic heterocycles. The number of carbonyl (C=O) groups excluding carboxylic acids is 3. The Morgan fingerprint density at radius 3 is 2.13 bits per heavy atom. The van der Waals surface area contributed by atoms with Crippen LogP contribution in [0, 0.1) is 0 Å². The van der Waals surface area contributed by atoms with Crippen molar-refractivity contribution in [2.24, 2.45) is 0 Å². The van der Waals surface area contributed by atoms with Crippen molar-refractivity contribution in [3.63, 3.8) is 0 Å². The van der Waals surface area contributed by atoms with Gasteiger partial charge in [-0.3, -0.25) is 0 Å². The third-order valence-corrected chi connectivity index (χ3v) is 1.88. The number of rotatable bonds is 1. The van der Waals surface area contributed by atoms with Crippen molar-refractivity contribution < 1.29 is 34.1 Å². The summed E-state index contributed by atoms with van der Waals surface area (Å²) in [7, 11) is 0. The predicted molar refractivity (Wildman–Crippen MR) is 43.3 cm³/mol. The third kappa shape index (κ3) is 2.31. The molecule has 0 amide bonds. The summed E-state index contributed by atoms with van der Waals surface area (Å²) in [5.41, 5.74) is 0. The van der Waals surface area contributed by atoms with Crippen LogP contribution in [0.25, 0.3) is 0 Å². The molecule has 15 heavy (non-hydrogen) atoms. The minimum atomic E-state index is -2.10. The Kier molecular flexibility index (Phi) is 3.38. The Labute approximate surface area is 84.6 Å². The van der Waals surface area contributed by atoms with Crippen LogP contribution in [0.15, 0.2) is 0 Å². The van der Waals surface area contributed by atoms with E-state index in [2.05, 4.69) is 9.47 Å². The highest BCUT2D eigenvalue weighted by molar-refractivity contribution is 5.95. The molecule has 1 saturated heterocycles. The average Bonchev–Trinajstić information content (AvgIpc) is 2.21. The van der Waals surface area contributed by atoms with Gasteiger partial charge in [-0.2, -0.15) is 0 Å². The van der Waals surface area contributed by atoms with Gasteiger partial charge < -0.3 is 19.7 Å². The van der Waals surface area contributed by atoms with Crippen molar-refractivity contribution in [3.05, 3.63) is 0 Å². The van der Waals surface area contributed by atoms with Crippen LogP contribution in [0.1, 0.15) is 13.3 Å². The number of aliphatic hydroxyl groups excluding tert-OH is 2. The lowest BCUT2D eigenvalue weighted by Crippen LogP contribution is -2.48. The summed E-state index contributed by atoms with van der Waals surface area (Å²) < 4.78 is 8.67. The Hall–Kier alpha value is -1.47. The lowest BCUT2D eigenvalue weighted by Gasteiger charge is -2.22. The minimum absolute atomic E-state index is 0.112. The lowest BCUT2D eigenvalue weighted by atomic mass is 10.2. The van der Waals surface area contributed by atoms with E-state index in [0.717, 1.165) is 0 Å². The van der Waals surface area contributed by atoms with E-state index >= 15 is 0 Å². The standard InChI is InChI=1S/C8H10O7/c1-2-3-6(11)15-8(13)5(10)4(9)7(12)14-3/h3-5,9-10H,2H2,1H3. The molecule has 0 spiro atoms. The maximum atomic E-state index is 11.1. The van der Waals surface area contributed by atoms with Gasteiger partial charge in [0.1, 0.15) is 0 Å². The lowest BCUT2D eigenvalue weighted by molar-refractivity contribution is -0.194. The quantitative estimate of drug-likeness (QED) is 0.391. The zero-order valence-corrected chi connectivity index (χ0v) is 7.87. The van der Waals surface area contributed by atoms with E-state index in [1.807, 2.05) is 0 Å². The molecule has 0 saturated carbocycles. The third-order valence-electron chi connectivity index (χ3n) is 1.88. The molecule has 3 atom stereocenters. The highest BCUT2D eigenvalue weighted by Crippen LogP contribution is 2.11. The van der Waals surface area contributed by atoms with E-state index < -0.39 is 36.2 Å². The van der Waals surface area contributed by atoms with E-state index in [1.54, 1.807) is 0 Å². The SMILES string of the molecule is CCC1OC(=O)C(O)C(O)C(=O)OC1=O. The molecule has 1 aliphatic rings. The Morgan fingerprint density at radius 2 is 1.60 bits per heavy atom. The van der Waals surface area contributed by atoms with Crippen molar-refractivity contribution in [2.45, 2.75) is 31.7 Å². The Balaban J connectivity index is 2.89. The fraction of sp³-hybridized carbons (Fsp3) is 0.625. The van der Waals surface area contributed by atoms with Gasteiger partial charge >= 0.3 is 17.9 Å². The molecule has 7 heteroatoms. The Morgan fingerprint density at radius 1 is 1.07 bits per heavy atom. The molecule has 1 rings (SSSR count). The summed E-state index contributed by atoms with van der Waals surface area (Å²) in [6, 6.07) is 0. The molecular weight excluding hydrogens is 208 g/mol. The normalized spacial score (nSPS) is 32.7. The molecule has 0 bridgehead atoms. The number of carbonyl (C=O) groups is 3. The first-order chi connectivity index (χ1) is 6.97. The molecule has 84 valence electrons. The highest BCUT2D eigenvalue weighted by atomic mass is 16.6. The fourth-order valence-electron chi connectivity index (χ4n) is 0.991. The van der Waals surface area contributed by atoms with Crippen LogP contribution in [-0.4, -0.2) is 46.4 Å². The summed E-state index contributed by atoms with van der Waals surface area (Å²) in [5, 5.41) is 18.1. The van der Waals surface area contributed by atoms with Gasteiger partial charge in [-0.05, 0) is 6.42 Å².